The van der Waals surface area contributed by atoms with Gasteiger partial charge in [-0.15, -0.1) is 0 Å². The van der Waals surface area contributed by atoms with Gasteiger partial charge < -0.3 is 4.84 Å². The van der Waals surface area contributed by atoms with Gasteiger partial charge in [-0.05, 0) is 12.8 Å². The fourth-order valence-corrected chi connectivity index (χ4v) is 0.803. The Balaban J connectivity index is 4.22. The quantitative estimate of drug-likeness (QED) is 0.372. The van der Waals surface area contributed by atoms with Crippen LogP contribution in [-0.4, -0.2) is 17.5 Å². The first-order valence-electron chi connectivity index (χ1n) is 4.39. The Morgan fingerprint density at radius 1 is 1.31 bits per heavy atom. The highest BCUT2D eigenvalue weighted by Gasteiger charge is 2.08. The van der Waals surface area contributed by atoms with Crippen molar-refractivity contribution in [3.05, 3.63) is 0 Å². The van der Waals surface area contributed by atoms with Crippen LogP contribution in [0.4, 0.5) is 0 Å². The maximum Gasteiger partial charge on any atom is 0.331 e. The number of ketones is 1. The summed E-state index contributed by atoms with van der Waals surface area (Å²) in [6, 6.07) is 0. The lowest BCUT2D eigenvalue weighted by Gasteiger charge is -1.99. The minimum Gasteiger partial charge on any atom is -0.318 e. The molecule has 0 atom stereocenters. The molecule has 0 aromatic heterocycles. The summed E-state index contributed by atoms with van der Waals surface area (Å²) < 4.78 is 0. The van der Waals surface area contributed by atoms with E-state index in [0.29, 0.717) is 18.6 Å². The van der Waals surface area contributed by atoms with Crippen molar-refractivity contribution in [2.45, 2.75) is 40.0 Å². The van der Waals surface area contributed by atoms with Crippen molar-refractivity contribution in [3.63, 3.8) is 0 Å². The third kappa shape index (κ3) is 5.11. The maximum atomic E-state index is 11.3. The fourth-order valence-electron chi connectivity index (χ4n) is 0.803. The minimum atomic E-state index is -0.504. The molecule has 0 N–H and O–H groups in total. The van der Waals surface area contributed by atoms with Crippen LogP contribution in [0.2, 0.25) is 0 Å². The molecule has 0 aromatic rings. The van der Waals surface area contributed by atoms with E-state index in [9.17, 15) is 9.59 Å². The second-order valence-corrected chi connectivity index (χ2v) is 2.65. The highest BCUT2D eigenvalue weighted by molar-refractivity contribution is 6.39. The number of carbonyl (C=O) groups excluding carboxylic acids is 2. The summed E-state index contributed by atoms with van der Waals surface area (Å²) in [6.07, 6.45) is 1.72. The maximum absolute atomic E-state index is 11.3. The van der Waals surface area contributed by atoms with Crippen molar-refractivity contribution in [2.75, 3.05) is 0 Å². The van der Waals surface area contributed by atoms with E-state index >= 15 is 0 Å². The molecule has 0 saturated heterocycles. The normalized spacial score (nSPS) is 11.2. The van der Waals surface area contributed by atoms with Crippen molar-refractivity contribution in [1.29, 1.82) is 0 Å². The monoisotopic (exact) mass is 185 g/mol. The molecule has 0 aromatic carbocycles. The molecule has 0 rings (SSSR count). The molecule has 0 amide bonds. The van der Waals surface area contributed by atoms with E-state index in [1.165, 1.54) is 6.92 Å². The van der Waals surface area contributed by atoms with Crippen LogP contribution in [-0.2, 0) is 14.4 Å². The molecule has 0 aliphatic rings. The van der Waals surface area contributed by atoms with Gasteiger partial charge in [-0.1, -0.05) is 19.0 Å². The van der Waals surface area contributed by atoms with E-state index in [1.807, 2.05) is 6.92 Å². The van der Waals surface area contributed by atoms with Gasteiger partial charge in [-0.25, -0.2) is 4.79 Å². The average Bonchev–Trinajstić information content (AvgIpc) is 2.05. The number of nitrogens with zero attached hydrogens (tertiary/aromatic N) is 1. The van der Waals surface area contributed by atoms with Gasteiger partial charge in [-0.2, -0.15) is 0 Å². The molecule has 74 valence electrons. The third-order valence-electron chi connectivity index (χ3n) is 1.42. The Labute approximate surface area is 77.9 Å². The molecule has 4 heteroatoms. The lowest BCUT2D eigenvalue weighted by molar-refractivity contribution is -0.140. The Bertz CT molecular complexity index is 221. The van der Waals surface area contributed by atoms with E-state index in [4.69, 9.17) is 0 Å². The summed E-state index contributed by atoms with van der Waals surface area (Å²) >= 11 is 0. The van der Waals surface area contributed by atoms with Crippen LogP contribution in [0.15, 0.2) is 5.16 Å². The second-order valence-electron chi connectivity index (χ2n) is 2.65. The lowest BCUT2D eigenvalue weighted by atomic mass is 10.1. The van der Waals surface area contributed by atoms with Crippen LogP contribution in [0, 0.1) is 0 Å². The molecular formula is C9H15NO3. The topological polar surface area (TPSA) is 55.7 Å². The van der Waals surface area contributed by atoms with Gasteiger partial charge in [0.25, 0.3) is 0 Å². The van der Waals surface area contributed by atoms with Crippen molar-refractivity contribution in [1.82, 2.24) is 0 Å². The van der Waals surface area contributed by atoms with Crippen LogP contribution in [0.3, 0.4) is 0 Å². The summed E-state index contributed by atoms with van der Waals surface area (Å²) in [6.45, 7) is 4.97. The largest absolute Gasteiger partial charge is 0.331 e. The number of Topliss-reactive ketones (excluding diaryl/α,β-unsaturated/α-hetero) is 1. The highest BCUT2D eigenvalue weighted by Crippen LogP contribution is 1.97. The SMILES string of the molecule is CCCC(=O)/C(CC)=N/OC(C)=O. The smallest absolute Gasteiger partial charge is 0.318 e. The molecule has 0 aliphatic carbocycles. The van der Waals surface area contributed by atoms with E-state index in [0.717, 1.165) is 6.42 Å². The molecule has 0 heterocycles. The van der Waals surface area contributed by atoms with E-state index in [2.05, 4.69) is 9.99 Å². The molecule has 0 aliphatic heterocycles. The molecule has 13 heavy (non-hydrogen) atoms. The van der Waals surface area contributed by atoms with E-state index < -0.39 is 5.97 Å². The second kappa shape index (κ2) is 6.34. The zero-order chi connectivity index (χ0) is 10.3. The van der Waals surface area contributed by atoms with Crippen LogP contribution in [0.25, 0.3) is 0 Å². The Hall–Kier alpha value is -1.19. The molecule has 0 bridgehead atoms. The minimum absolute atomic E-state index is 0.0498. The molecule has 0 radical (unpaired) electrons. The number of hydrogen-bond acceptors (Lipinski definition) is 4. The van der Waals surface area contributed by atoms with E-state index in [-0.39, 0.29) is 5.78 Å². The highest BCUT2D eigenvalue weighted by atomic mass is 16.7. The van der Waals surface area contributed by atoms with Crippen molar-refractivity contribution >= 4 is 17.5 Å². The van der Waals surface area contributed by atoms with Crippen LogP contribution in [0.1, 0.15) is 40.0 Å². The van der Waals surface area contributed by atoms with Gasteiger partial charge in [0, 0.05) is 13.3 Å². The Morgan fingerprint density at radius 2 is 1.92 bits per heavy atom. The molecule has 4 nitrogen and oxygen atoms in total. The molecule has 0 fully saturated rings. The van der Waals surface area contributed by atoms with Crippen LogP contribution in [0.5, 0.6) is 0 Å². The van der Waals surface area contributed by atoms with Gasteiger partial charge >= 0.3 is 5.97 Å². The summed E-state index contributed by atoms with van der Waals surface area (Å²) in [5, 5.41) is 3.48. The zero-order valence-corrected chi connectivity index (χ0v) is 8.29. The first-order valence-corrected chi connectivity index (χ1v) is 4.39. The predicted octanol–water partition coefficient (Wildman–Crippen LogP) is 1.68. The van der Waals surface area contributed by atoms with Gasteiger partial charge in [0.1, 0.15) is 5.71 Å². The number of rotatable bonds is 5. The van der Waals surface area contributed by atoms with Crippen molar-refractivity contribution in [3.8, 4) is 0 Å². The summed E-state index contributed by atoms with van der Waals surface area (Å²) in [5.41, 5.74) is 0.331. The van der Waals surface area contributed by atoms with Gasteiger partial charge in [-0.3, -0.25) is 4.79 Å². The molecular weight excluding hydrogens is 170 g/mol. The average molecular weight is 185 g/mol. The number of carbonyl (C=O) groups is 2. The summed E-state index contributed by atoms with van der Waals surface area (Å²) in [5.74, 6) is -0.554. The molecule has 0 spiro atoms. The Morgan fingerprint density at radius 3 is 2.31 bits per heavy atom. The van der Waals surface area contributed by atoms with E-state index in [1.54, 1.807) is 6.92 Å². The lowest BCUT2D eigenvalue weighted by Crippen LogP contribution is -2.13. The third-order valence-corrected chi connectivity index (χ3v) is 1.42. The standard InChI is InChI=1S/C9H15NO3/c1-4-6-9(12)8(5-2)10-13-7(3)11/h4-6H2,1-3H3/b10-8+. The first kappa shape index (κ1) is 11.8. The van der Waals surface area contributed by atoms with Crippen LogP contribution < -0.4 is 0 Å². The number of oxime groups is 1. The zero-order valence-electron chi connectivity index (χ0n) is 8.29. The predicted molar refractivity (Wildman–Crippen MR) is 49.4 cm³/mol. The van der Waals surface area contributed by atoms with Gasteiger partial charge in [0.2, 0.25) is 0 Å². The fraction of sp³-hybridized carbons (Fsp3) is 0.667. The van der Waals surface area contributed by atoms with Crippen molar-refractivity contribution < 1.29 is 14.4 Å². The molecule has 0 saturated carbocycles. The summed E-state index contributed by atoms with van der Waals surface area (Å²) in [4.78, 5) is 26.1. The Kier molecular flexibility index (Phi) is 5.76. The van der Waals surface area contributed by atoms with Gasteiger partial charge in [0.05, 0.1) is 0 Å². The van der Waals surface area contributed by atoms with Crippen molar-refractivity contribution in [2.24, 2.45) is 5.16 Å². The summed E-state index contributed by atoms with van der Waals surface area (Å²) in [7, 11) is 0. The molecule has 0 unspecified atom stereocenters. The first-order chi connectivity index (χ1) is 6.11. The number of hydrogen-bond donors (Lipinski definition) is 0. The van der Waals surface area contributed by atoms with Crippen LogP contribution >= 0.6 is 0 Å². The van der Waals surface area contributed by atoms with Gasteiger partial charge in [0.15, 0.2) is 5.78 Å².